The molecule has 0 saturated carbocycles. The highest BCUT2D eigenvalue weighted by atomic mass is 79.9. The molecule has 0 bridgehead atoms. The Balaban J connectivity index is 2.19. The van der Waals surface area contributed by atoms with Gasteiger partial charge in [-0.15, -0.1) is 0 Å². The van der Waals surface area contributed by atoms with E-state index < -0.39 is 0 Å². The van der Waals surface area contributed by atoms with Crippen molar-refractivity contribution in [3.05, 3.63) is 67.6 Å². The Kier molecular flexibility index (Phi) is 4.48. The van der Waals surface area contributed by atoms with Crippen molar-refractivity contribution in [2.75, 3.05) is 0 Å². The molecule has 3 rings (SSSR count). The van der Waals surface area contributed by atoms with Crippen molar-refractivity contribution in [2.45, 2.75) is 6.92 Å². The van der Waals surface area contributed by atoms with Crippen molar-refractivity contribution >= 4 is 47.8 Å². The van der Waals surface area contributed by atoms with E-state index in [2.05, 4.69) is 83.5 Å². The van der Waals surface area contributed by atoms with Crippen LogP contribution in [-0.4, -0.2) is 9.67 Å². The van der Waals surface area contributed by atoms with Crippen LogP contribution in [0.2, 0.25) is 0 Å². The van der Waals surface area contributed by atoms with Gasteiger partial charge < -0.3 is 9.67 Å². The fourth-order valence-corrected chi connectivity index (χ4v) is 3.86. The van der Waals surface area contributed by atoms with Gasteiger partial charge in [0, 0.05) is 21.4 Å². The Morgan fingerprint density at radius 1 is 0.864 bits per heavy atom. The number of hydrogen-bond donors (Lipinski definition) is 1. The lowest BCUT2D eigenvalue weighted by Gasteiger charge is -2.13. The Morgan fingerprint density at radius 2 is 1.45 bits per heavy atom. The first-order chi connectivity index (χ1) is 10.5. The molecule has 0 fully saturated rings. The van der Waals surface area contributed by atoms with Gasteiger partial charge in [-0.05, 0) is 87.3 Å². The quantitative estimate of drug-likeness (QED) is 0.443. The predicted molar refractivity (Wildman–Crippen MR) is 101 cm³/mol. The predicted octanol–water partition coefficient (Wildman–Crippen LogP) is 6.45. The molecule has 0 aliphatic heterocycles. The van der Waals surface area contributed by atoms with E-state index in [0.717, 1.165) is 27.1 Å². The Labute approximate surface area is 154 Å². The minimum atomic E-state index is 0.210. The van der Waals surface area contributed by atoms with Gasteiger partial charge in [0.15, 0.2) is 0 Å². The van der Waals surface area contributed by atoms with Crippen molar-refractivity contribution in [3.8, 4) is 22.7 Å². The van der Waals surface area contributed by atoms with Crippen LogP contribution in [-0.2, 0) is 0 Å². The molecule has 1 aromatic heterocycles. The van der Waals surface area contributed by atoms with Crippen molar-refractivity contribution < 1.29 is 5.11 Å². The second-order valence-electron chi connectivity index (χ2n) is 4.96. The number of aromatic nitrogens is 1. The Morgan fingerprint density at radius 3 is 2.05 bits per heavy atom. The summed E-state index contributed by atoms with van der Waals surface area (Å²) >= 11 is 10.3. The molecule has 3 aromatic rings. The fourth-order valence-electron chi connectivity index (χ4n) is 2.41. The van der Waals surface area contributed by atoms with Crippen molar-refractivity contribution in [2.24, 2.45) is 0 Å². The van der Waals surface area contributed by atoms with E-state index in [1.165, 1.54) is 0 Å². The summed E-state index contributed by atoms with van der Waals surface area (Å²) < 4.78 is 4.58. The van der Waals surface area contributed by atoms with Crippen LogP contribution in [0.3, 0.4) is 0 Å². The van der Waals surface area contributed by atoms with Crippen LogP contribution >= 0.6 is 47.8 Å². The van der Waals surface area contributed by atoms with Crippen molar-refractivity contribution in [1.29, 1.82) is 0 Å². The molecule has 112 valence electrons. The first-order valence-electron chi connectivity index (χ1n) is 6.60. The normalized spacial score (nSPS) is 10.9. The number of benzene rings is 2. The van der Waals surface area contributed by atoms with Crippen LogP contribution < -0.4 is 0 Å². The van der Waals surface area contributed by atoms with E-state index in [-0.39, 0.29) is 5.75 Å². The number of nitrogens with zero attached hydrogens (tertiary/aromatic N) is 1. The zero-order valence-electron chi connectivity index (χ0n) is 11.6. The second kappa shape index (κ2) is 6.22. The molecule has 22 heavy (non-hydrogen) atoms. The average molecular weight is 486 g/mol. The summed E-state index contributed by atoms with van der Waals surface area (Å²) in [6.45, 7) is 2.08. The highest BCUT2D eigenvalue weighted by Crippen LogP contribution is 2.38. The van der Waals surface area contributed by atoms with Gasteiger partial charge in [-0.1, -0.05) is 15.9 Å². The van der Waals surface area contributed by atoms with E-state index in [9.17, 15) is 5.11 Å². The smallest absolute Gasteiger partial charge is 0.143 e. The highest BCUT2D eigenvalue weighted by Gasteiger charge is 2.13. The molecule has 5 heteroatoms. The molecule has 0 unspecified atom stereocenters. The molecule has 0 aliphatic carbocycles. The minimum absolute atomic E-state index is 0.210. The molecule has 2 aromatic carbocycles. The topological polar surface area (TPSA) is 25.2 Å². The number of aromatic hydroxyl groups is 1. The zero-order valence-corrected chi connectivity index (χ0v) is 16.4. The minimum Gasteiger partial charge on any atom is -0.506 e. The monoisotopic (exact) mass is 483 g/mol. The number of phenolic OH excluding ortho intramolecular Hbond substituents is 1. The van der Waals surface area contributed by atoms with Crippen LogP contribution in [0.25, 0.3) is 16.9 Å². The summed E-state index contributed by atoms with van der Waals surface area (Å²) in [5.41, 5.74) is 4.34. The third-order valence-corrected chi connectivity index (χ3v) is 5.21. The summed E-state index contributed by atoms with van der Waals surface area (Å²) in [6, 6.07) is 16.2. The lowest BCUT2D eigenvalue weighted by atomic mass is 10.1. The molecule has 1 N–H and O–H groups in total. The van der Waals surface area contributed by atoms with Crippen molar-refractivity contribution in [3.63, 3.8) is 0 Å². The summed E-state index contributed by atoms with van der Waals surface area (Å²) in [4.78, 5) is 0. The zero-order chi connectivity index (χ0) is 15.9. The van der Waals surface area contributed by atoms with Gasteiger partial charge in [-0.2, -0.15) is 0 Å². The van der Waals surface area contributed by atoms with E-state index in [0.29, 0.717) is 8.95 Å². The first-order valence-corrected chi connectivity index (χ1v) is 8.98. The molecule has 0 amide bonds. The van der Waals surface area contributed by atoms with Crippen LogP contribution in [0, 0.1) is 6.92 Å². The fraction of sp³-hybridized carbons (Fsp3) is 0.0588. The van der Waals surface area contributed by atoms with Gasteiger partial charge in [0.1, 0.15) is 5.75 Å². The molecule has 0 aliphatic rings. The third kappa shape index (κ3) is 2.90. The summed E-state index contributed by atoms with van der Waals surface area (Å²) in [5.74, 6) is 0.210. The Bertz CT molecular complexity index is 815. The van der Waals surface area contributed by atoms with Gasteiger partial charge >= 0.3 is 0 Å². The standard InChI is InChI=1S/C17H12Br3NO/c1-10-2-7-16(11-8-14(19)17(22)15(20)9-11)21(10)13-5-3-12(18)4-6-13/h2-9,22H,1H3. The molecule has 2 nitrogen and oxygen atoms in total. The maximum Gasteiger partial charge on any atom is 0.143 e. The number of phenols is 1. The highest BCUT2D eigenvalue weighted by molar-refractivity contribution is 9.11. The maximum absolute atomic E-state index is 9.89. The number of hydrogen-bond acceptors (Lipinski definition) is 1. The summed E-state index contributed by atoms with van der Waals surface area (Å²) in [5, 5.41) is 9.89. The van der Waals surface area contributed by atoms with E-state index >= 15 is 0 Å². The lowest BCUT2D eigenvalue weighted by molar-refractivity contribution is 0.468. The van der Waals surface area contributed by atoms with Gasteiger partial charge in [0.2, 0.25) is 0 Å². The van der Waals surface area contributed by atoms with Crippen LogP contribution in [0.5, 0.6) is 5.75 Å². The van der Waals surface area contributed by atoms with Crippen molar-refractivity contribution in [1.82, 2.24) is 4.57 Å². The maximum atomic E-state index is 9.89. The summed E-state index contributed by atoms with van der Waals surface area (Å²) in [6.07, 6.45) is 0. The SMILES string of the molecule is Cc1ccc(-c2cc(Br)c(O)c(Br)c2)n1-c1ccc(Br)cc1. The van der Waals surface area contributed by atoms with E-state index in [1.54, 1.807) is 0 Å². The first kappa shape index (κ1) is 15.8. The van der Waals surface area contributed by atoms with Gasteiger partial charge in [0.05, 0.1) is 14.6 Å². The van der Waals surface area contributed by atoms with E-state index in [1.807, 2.05) is 24.3 Å². The van der Waals surface area contributed by atoms with Crippen LogP contribution in [0.1, 0.15) is 5.69 Å². The van der Waals surface area contributed by atoms with Crippen LogP contribution in [0.4, 0.5) is 0 Å². The Hall–Kier alpha value is -1.04. The molecule has 0 saturated heterocycles. The number of halogens is 3. The summed E-state index contributed by atoms with van der Waals surface area (Å²) in [7, 11) is 0. The molecule has 0 spiro atoms. The second-order valence-corrected chi connectivity index (χ2v) is 7.58. The molecule has 0 atom stereocenters. The lowest BCUT2D eigenvalue weighted by Crippen LogP contribution is -1.98. The molecular weight excluding hydrogens is 474 g/mol. The van der Waals surface area contributed by atoms with Gasteiger partial charge in [0.25, 0.3) is 0 Å². The van der Waals surface area contributed by atoms with Gasteiger partial charge in [-0.3, -0.25) is 0 Å². The number of aryl methyl sites for hydroxylation is 1. The van der Waals surface area contributed by atoms with E-state index in [4.69, 9.17) is 0 Å². The molecule has 0 radical (unpaired) electrons. The molecular formula is C17H12Br3NO. The van der Waals surface area contributed by atoms with Crippen LogP contribution in [0.15, 0.2) is 61.9 Å². The number of rotatable bonds is 2. The largest absolute Gasteiger partial charge is 0.506 e. The average Bonchev–Trinajstić information content (AvgIpc) is 2.87. The third-order valence-electron chi connectivity index (χ3n) is 3.47. The van der Waals surface area contributed by atoms with Gasteiger partial charge in [-0.25, -0.2) is 0 Å². The molecule has 1 heterocycles.